The standard InChI is InChI=1S/C25H28N4O8S/c1-16-3-8-20(38-16)24(33)29(22(31)15-36-23(32)11-26-2)13-19-12-28(25(34)37-19)18-6-4-17(5-7-18)27-9-10-35-14-21(27)30/h3-8,19,26H,9-15H2,1-2H3/t19-/m1/s1. The van der Waals surface area contributed by atoms with Crippen LogP contribution in [0.25, 0.3) is 0 Å². The highest BCUT2D eigenvalue weighted by molar-refractivity contribution is 7.14. The van der Waals surface area contributed by atoms with Crippen molar-refractivity contribution in [1.29, 1.82) is 0 Å². The summed E-state index contributed by atoms with van der Waals surface area (Å²) < 4.78 is 15.6. The summed E-state index contributed by atoms with van der Waals surface area (Å²) in [5, 5.41) is 2.63. The van der Waals surface area contributed by atoms with Gasteiger partial charge in [-0.05, 0) is 50.4 Å². The number of carbonyl (C=O) groups is 5. The van der Waals surface area contributed by atoms with Gasteiger partial charge in [-0.2, -0.15) is 0 Å². The van der Waals surface area contributed by atoms with E-state index in [1.807, 2.05) is 6.92 Å². The summed E-state index contributed by atoms with van der Waals surface area (Å²) in [5.74, 6) is -2.07. The monoisotopic (exact) mass is 544 g/mol. The van der Waals surface area contributed by atoms with Gasteiger partial charge in [0, 0.05) is 22.8 Å². The number of hydrogen-bond acceptors (Lipinski definition) is 10. The third-order valence-electron chi connectivity index (χ3n) is 5.89. The van der Waals surface area contributed by atoms with Crippen LogP contribution in [0, 0.1) is 6.92 Å². The van der Waals surface area contributed by atoms with Crippen LogP contribution in [-0.4, -0.2) is 93.8 Å². The van der Waals surface area contributed by atoms with Gasteiger partial charge in [0.1, 0.15) is 12.7 Å². The highest BCUT2D eigenvalue weighted by atomic mass is 32.1. The van der Waals surface area contributed by atoms with Crippen LogP contribution in [0.15, 0.2) is 36.4 Å². The van der Waals surface area contributed by atoms with Crippen molar-refractivity contribution >= 4 is 52.5 Å². The Morgan fingerprint density at radius 3 is 2.45 bits per heavy atom. The smallest absolute Gasteiger partial charge is 0.414 e. The van der Waals surface area contributed by atoms with Gasteiger partial charge in [-0.1, -0.05) is 0 Å². The number of carbonyl (C=O) groups excluding carboxylic acids is 5. The number of nitrogens with zero attached hydrogens (tertiary/aromatic N) is 3. The van der Waals surface area contributed by atoms with Crippen molar-refractivity contribution in [3.8, 4) is 0 Å². The summed E-state index contributed by atoms with van der Waals surface area (Å²) in [6.45, 7) is 1.93. The van der Waals surface area contributed by atoms with Gasteiger partial charge in [-0.15, -0.1) is 11.3 Å². The van der Waals surface area contributed by atoms with E-state index < -0.39 is 36.6 Å². The molecule has 1 aromatic carbocycles. The van der Waals surface area contributed by atoms with Gasteiger partial charge in [0.15, 0.2) is 6.61 Å². The number of rotatable bonds is 9. The number of benzene rings is 1. The lowest BCUT2D eigenvalue weighted by Crippen LogP contribution is -2.45. The van der Waals surface area contributed by atoms with Gasteiger partial charge in [0.25, 0.3) is 17.7 Å². The molecular weight excluding hydrogens is 516 g/mol. The van der Waals surface area contributed by atoms with Gasteiger partial charge in [0.05, 0.1) is 31.1 Å². The molecule has 3 heterocycles. The van der Waals surface area contributed by atoms with Crippen molar-refractivity contribution in [3.63, 3.8) is 0 Å². The maximum Gasteiger partial charge on any atom is 0.414 e. The van der Waals surface area contributed by atoms with Gasteiger partial charge in [0.2, 0.25) is 0 Å². The van der Waals surface area contributed by atoms with E-state index in [9.17, 15) is 24.0 Å². The largest absolute Gasteiger partial charge is 0.455 e. The number of amides is 4. The van der Waals surface area contributed by atoms with Crippen molar-refractivity contribution in [3.05, 3.63) is 46.2 Å². The maximum absolute atomic E-state index is 13.2. The van der Waals surface area contributed by atoms with Gasteiger partial charge < -0.3 is 24.4 Å². The number of imide groups is 1. The fraction of sp³-hybridized carbons (Fsp3) is 0.400. The Balaban J connectivity index is 1.45. The molecule has 0 spiro atoms. The molecule has 2 aliphatic heterocycles. The molecule has 12 nitrogen and oxygen atoms in total. The fourth-order valence-electron chi connectivity index (χ4n) is 4.03. The Morgan fingerprint density at radius 1 is 1.11 bits per heavy atom. The molecule has 13 heteroatoms. The summed E-state index contributed by atoms with van der Waals surface area (Å²) in [6, 6.07) is 10.2. The molecule has 2 fully saturated rings. The molecule has 38 heavy (non-hydrogen) atoms. The molecule has 202 valence electrons. The average Bonchev–Trinajstić information content (AvgIpc) is 3.51. The Labute approximate surface area is 223 Å². The van der Waals surface area contributed by atoms with Gasteiger partial charge in [-0.3, -0.25) is 29.0 Å². The normalized spacial score (nSPS) is 17.4. The Bertz CT molecular complexity index is 1210. The first kappa shape index (κ1) is 27.2. The van der Waals surface area contributed by atoms with Crippen LogP contribution in [0.3, 0.4) is 0 Å². The van der Waals surface area contributed by atoms with E-state index in [1.54, 1.807) is 48.3 Å². The van der Waals surface area contributed by atoms with E-state index in [-0.39, 0.29) is 32.1 Å². The van der Waals surface area contributed by atoms with Crippen LogP contribution in [0.5, 0.6) is 0 Å². The van der Waals surface area contributed by atoms with Crippen molar-refractivity contribution in [2.45, 2.75) is 13.0 Å². The van der Waals surface area contributed by atoms with E-state index in [1.165, 1.54) is 16.2 Å². The quantitative estimate of drug-likeness (QED) is 0.462. The zero-order chi connectivity index (χ0) is 27.2. The van der Waals surface area contributed by atoms with Gasteiger partial charge >= 0.3 is 12.1 Å². The molecule has 1 aromatic heterocycles. The van der Waals surface area contributed by atoms with E-state index in [2.05, 4.69) is 5.32 Å². The molecule has 1 N–H and O–H groups in total. The number of nitrogens with one attached hydrogen (secondary N) is 1. The minimum absolute atomic E-state index is 0.0234. The van der Waals surface area contributed by atoms with Crippen LogP contribution in [-0.2, 0) is 28.6 Å². The van der Waals surface area contributed by atoms with E-state index in [0.29, 0.717) is 29.4 Å². The molecule has 2 saturated heterocycles. The Morgan fingerprint density at radius 2 is 1.82 bits per heavy atom. The Hall–Kier alpha value is -3.81. The molecule has 4 amide bonds. The topological polar surface area (TPSA) is 135 Å². The summed E-state index contributed by atoms with van der Waals surface area (Å²) in [7, 11) is 1.56. The lowest BCUT2D eigenvalue weighted by molar-refractivity contribution is -0.150. The number of cyclic esters (lactones) is 1. The number of aryl methyl sites for hydroxylation is 1. The summed E-state index contributed by atoms with van der Waals surface area (Å²) in [4.78, 5) is 67.7. The number of morpholine rings is 1. The van der Waals surface area contributed by atoms with E-state index in [0.717, 1.165) is 9.78 Å². The molecule has 0 radical (unpaired) electrons. The highest BCUT2D eigenvalue weighted by Gasteiger charge is 2.37. The summed E-state index contributed by atoms with van der Waals surface area (Å²) in [6.07, 6.45) is -1.43. The van der Waals surface area contributed by atoms with Gasteiger partial charge in [-0.25, -0.2) is 4.79 Å². The number of esters is 1. The first-order chi connectivity index (χ1) is 18.3. The number of likely N-dealkylation sites (N-methyl/N-ethyl adjacent to an activating group) is 1. The highest BCUT2D eigenvalue weighted by Crippen LogP contribution is 2.26. The number of ether oxygens (including phenoxy) is 3. The third kappa shape index (κ3) is 6.36. The molecule has 2 aromatic rings. The number of anilines is 2. The van der Waals surface area contributed by atoms with E-state index in [4.69, 9.17) is 14.2 Å². The zero-order valence-corrected chi connectivity index (χ0v) is 21.8. The van der Waals surface area contributed by atoms with Crippen molar-refractivity contribution in [2.24, 2.45) is 0 Å². The van der Waals surface area contributed by atoms with E-state index >= 15 is 0 Å². The van der Waals surface area contributed by atoms with Crippen LogP contribution >= 0.6 is 11.3 Å². The molecule has 4 rings (SSSR count). The first-order valence-corrected chi connectivity index (χ1v) is 12.8. The minimum Gasteiger partial charge on any atom is -0.455 e. The Kier molecular flexibility index (Phi) is 8.71. The molecular formula is C25H28N4O8S. The zero-order valence-electron chi connectivity index (χ0n) is 21.0. The molecule has 0 aliphatic carbocycles. The molecule has 0 unspecified atom stereocenters. The number of thiophene rings is 1. The first-order valence-electron chi connectivity index (χ1n) is 11.9. The minimum atomic E-state index is -0.801. The molecule has 2 aliphatic rings. The predicted octanol–water partition coefficient (Wildman–Crippen LogP) is 1.18. The van der Waals surface area contributed by atoms with Crippen LogP contribution in [0.4, 0.5) is 16.2 Å². The maximum atomic E-state index is 13.2. The lowest BCUT2D eigenvalue weighted by Gasteiger charge is -2.27. The van der Waals surface area contributed by atoms with Crippen LogP contribution in [0.2, 0.25) is 0 Å². The second kappa shape index (κ2) is 12.2. The predicted molar refractivity (Wildman–Crippen MR) is 137 cm³/mol. The van der Waals surface area contributed by atoms with Crippen LogP contribution < -0.4 is 15.1 Å². The summed E-state index contributed by atoms with van der Waals surface area (Å²) in [5.41, 5.74) is 1.23. The third-order valence-corrected chi connectivity index (χ3v) is 6.88. The molecule has 0 saturated carbocycles. The van der Waals surface area contributed by atoms with Crippen LogP contribution in [0.1, 0.15) is 14.5 Å². The molecule has 0 bridgehead atoms. The second-order valence-corrected chi connectivity index (χ2v) is 9.93. The van der Waals surface area contributed by atoms with Crippen molar-refractivity contribution in [2.75, 3.05) is 62.8 Å². The SMILES string of the molecule is CNCC(=O)OCC(=O)N(C[C@H]1CN(c2ccc(N3CCOCC3=O)cc2)C(=O)O1)C(=O)c1ccc(C)s1. The summed E-state index contributed by atoms with van der Waals surface area (Å²) >= 11 is 1.23. The second-order valence-electron chi connectivity index (χ2n) is 8.64. The number of hydrogen-bond donors (Lipinski definition) is 1. The van der Waals surface area contributed by atoms with Crippen molar-refractivity contribution in [1.82, 2.24) is 10.2 Å². The fourth-order valence-corrected chi connectivity index (χ4v) is 4.85. The lowest BCUT2D eigenvalue weighted by atomic mass is 10.2. The average molecular weight is 545 g/mol. The van der Waals surface area contributed by atoms with Crippen molar-refractivity contribution < 1.29 is 38.2 Å². The molecule has 1 atom stereocenters.